The fourth-order valence-electron chi connectivity index (χ4n) is 1.59. The van der Waals surface area contributed by atoms with Gasteiger partial charge < -0.3 is 10.5 Å². The number of nitrogens with two attached hydrogens (primary N) is 1. The Morgan fingerprint density at radius 3 is 2.95 bits per heavy atom. The first-order valence-electron chi connectivity index (χ1n) is 5.71. The zero-order valence-electron chi connectivity index (χ0n) is 10.3. The average Bonchev–Trinajstić information content (AvgIpc) is 2.50. The van der Waals surface area contributed by atoms with Crippen LogP contribution in [0, 0.1) is 0 Å². The van der Waals surface area contributed by atoms with Crippen molar-refractivity contribution in [1.29, 1.82) is 0 Å². The first-order chi connectivity index (χ1) is 9.04. The molecule has 1 unspecified atom stereocenters. The molecule has 0 spiro atoms. The van der Waals surface area contributed by atoms with E-state index in [9.17, 15) is 4.79 Å². The molecule has 0 aromatic carbocycles. The smallest absolute Gasteiger partial charge is 0.267 e. The molecule has 5 heteroatoms. The van der Waals surface area contributed by atoms with Crippen LogP contribution >= 0.6 is 11.6 Å². The summed E-state index contributed by atoms with van der Waals surface area (Å²) in [5.41, 5.74) is 6.38. The van der Waals surface area contributed by atoms with Crippen LogP contribution in [0.3, 0.4) is 0 Å². The molecule has 2 N–H and O–H groups in total. The summed E-state index contributed by atoms with van der Waals surface area (Å²) in [5.74, 6) is 0.501. The molecule has 0 saturated heterocycles. The number of hydrogen-bond donors (Lipinski definition) is 1. The van der Waals surface area contributed by atoms with E-state index in [0.717, 1.165) is 5.57 Å². The standard InChI is InChI=1S/C14H13ClN2O2/c1-9-2-3-11(7-10(15)6-9)19-12-4-5-17-13(8-12)14(16)18/h2-8,10H,1H3,(H2,16,18). The summed E-state index contributed by atoms with van der Waals surface area (Å²) in [6.45, 7) is 1.96. The largest absolute Gasteiger partial charge is 0.458 e. The maximum Gasteiger partial charge on any atom is 0.267 e. The van der Waals surface area contributed by atoms with Crippen LogP contribution < -0.4 is 10.5 Å². The lowest BCUT2D eigenvalue weighted by Gasteiger charge is -2.07. The first kappa shape index (κ1) is 13.4. The number of halogens is 1. The Kier molecular flexibility index (Phi) is 4.02. The number of hydrogen-bond acceptors (Lipinski definition) is 3. The van der Waals surface area contributed by atoms with E-state index in [2.05, 4.69) is 4.98 Å². The van der Waals surface area contributed by atoms with E-state index in [4.69, 9.17) is 22.1 Å². The van der Waals surface area contributed by atoms with E-state index in [1.807, 2.05) is 25.2 Å². The Morgan fingerprint density at radius 2 is 2.21 bits per heavy atom. The minimum Gasteiger partial charge on any atom is -0.458 e. The normalized spacial score (nSPS) is 18.3. The van der Waals surface area contributed by atoms with Crippen LogP contribution in [0.2, 0.25) is 0 Å². The van der Waals surface area contributed by atoms with Crippen molar-refractivity contribution in [1.82, 2.24) is 4.98 Å². The highest BCUT2D eigenvalue weighted by molar-refractivity contribution is 6.23. The highest BCUT2D eigenvalue weighted by Gasteiger charge is 2.08. The van der Waals surface area contributed by atoms with E-state index in [-0.39, 0.29) is 11.1 Å². The van der Waals surface area contributed by atoms with Gasteiger partial charge in [-0.2, -0.15) is 0 Å². The number of carbonyl (C=O) groups is 1. The zero-order chi connectivity index (χ0) is 13.8. The van der Waals surface area contributed by atoms with Crippen molar-refractivity contribution in [2.75, 3.05) is 0 Å². The van der Waals surface area contributed by atoms with Gasteiger partial charge in [-0.1, -0.05) is 17.7 Å². The van der Waals surface area contributed by atoms with Crippen LogP contribution in [-0.2, 0) is 0 Å². The number of ether oxygens (including phenoxy) is 1. The van der Waals surface area contributed by atoms with E-state index in [1.54, 1.807) is 12.1 Å². The van der Waals surface area contributed by atoms with Crippen molar-refractivity contribution >= 4 is 17.5 Å². The maximum atomic E-state index is 11.0. The molecule has 0 fully saturated rings. The Bertz CT molecular complexity index is 591. The minimum atomic E-state index is -0.594. The molecule has 0 radical (unpaired) electrons. The van der Waals surface area contributed by atoms with Crippen LogP contribution in [-0.4, -0.2) is 16.3 Å². The van der Waals surface area contributed by atoms with Gasteiger partial charge in [0.2, 0.25) is 0 Å². The van der Waals surface area contributed by atoms with Gasteiger partial charge in [-0.25, -0.2) is 0 Å². The van der Waals surface area contributed by atoms with Gasteiger partial charge in [-0.3, -0.25) is 9.78 Å². The van der Waals surface area contributed by atoms with Crippen LogP contribution in [0.1, 0.15) is 17.4 Å². The molecule has 1 aromatic heterocycles. The number of rotatable bonds is 3. The molecule has 1 heterocycles. The second-order valence-corrected chi connectivity index (χ2v) is 4.60. The van der Waals surface area contributed by atoms with Crippen molar-refractivity contribution in [3.63, 3.8) is 0 Å². The molecule has 1 atom stereocenters. The number of allylic oxidation sites excluding steroid dienone is 5. The number of alkyl halides is 1. The molecule has 98 valence electrons. The Morgan fingerprint density at radius 1 is 1.42 bits per heavy atom. The lowest BCUT2D eigenvalue weighted by atomic mass is 10.2. The van der Waals surface area contributed by atoms with Crippen LogP contribution in [0.5, 0.6) is 5.75 Å². The fourth-order valence-corrected chi connectivity index (χ4v) is 1.92. The molecule has 1 aromatic rings. The van der Waals surface area contributed by atoms with Gasteiger partial charge in [-0.05, 0) is 25.1 Å². The van der Waals surface area contributed by atoms with Crippen molar-refractivity contribution in [2.24, 2.45) is 5.73 Å². The van der Waals surface area contributed by atoms with Crippen LogP contribution in [0.15, 0.2) is 54.0 Å². The lowest BCUT2D eigenvalue weighted by Crippen LogP contribution is -2.12. The van der Waals surface area contributed by atoms with Crippen molar-refractivity contribution in [3.8, 4) is 5.75 Å². The van der Waals surface area contributed by atoms with Gasteiger partial charge in [0.25, 0.3) is 5.91 Å². The van der Waals surface area contributed by atoms with E-state index in [0.29, 0.717) is 11.5 Å². The summed E-state index contributed by atoms with van der Waals surface area (Å²) in [6.07, 6.45) is 8.88. The van der Waals surface area contributed by atoms with E-state index < -0.39 is 5.91 Å². The van der Waals surface area contributed by atoms with E-state index >= 15 is 0 Å². The topological polar surface area (TPSA) is 65.2 Å². The molecule has 1 aliphatic carbocycles. The third-order valence-corrected chi connectivity index (χ3v) is 2.73. The van der Waals surface area contributed by atoms with E-state index in [1.165, 1.54) is 12.3 Å². The van der Waals surface area contributed by atoms with Gasteiger partial charge in [0.05, 0.1) is 5.38 Å². The molecule has 4 nitrogen and oxygen atoms in total. The number of primary amides is 1. The number of pyridine rings is 1. The number of carbonyl (C=O) groups excluding carboxylic acids is 1. The second-order valence-electron chi connectivity index (χ2n) is 4.10. The fraction of sp³-hybridized carbons (Fsp3) is 0.143. The molecular weight excluding hydrogens is 264 g/mol. The summed E-state index contributed by atoms with van der Waals surface area (Å²) in [4.78, 5) is 14.9. The summed E-state index contributed by atoms with van der Waals surface area (Å²) in [5, 5.41) is -0.234. The summed E-state index contributed by atoms with van der Waals surface area (Å²) >= 11 is 6.10. The molecule has 19 heavy (non-hydrogen) atoms. The molecule has 0 aliphatic heterocycles. The number of nitrogens with zero attached hydrogens (tertiary/aromatic N) is 1. The molecular formula is C14H13ClN2O2. The highest BCUT2D eigenvalue weighted by Crippen LogP contribution is 2.19. The monoisotopic (exact) mass is 276 g/mol. The highest BCUT2D eigenvalue weighted by atomic mass is 35.5. The van der Waals surface area contributed by atoms with Crippen LogP contribution in [0.4, 0.5) is 0 Å². The number of amides is 1. The van der Waals surface area contributed by atoms with Gasteiger partial charge in [0.1, 0.15) is 17.2 Å². The molecule has 0 bridgehead atoms. The Balaban J connectivity index is 2.20. The Hall–Kier alpha value is -2.07. The predicted molar refractivity (Wildman–Crippen MR) is 74.0 cm³/mol. The average molecular weight is 277 g/mol. The van der Waals surface area contributed by atoms with Gasteiger partial charge in [-0.15, -0.1) is 11.6 Å². The predicted octanol–water partition coefficient (Wildman–Crippen LogP) is 2.57. The van der Waals surface area contributed by atoms with Gasteiger partial charge in [0, 0.05) is 12.3 Å². The van der Waals surface area contributed by atoms with Crippen molar-refractivity contribution < 1.29 is 9.53 Å². The van der Waals surface area contributed by atoms with Gasteiger partial charge in [0.15, 0.2) is 0 Å². The Labute approximate surface area is 116 Å². The molecule has 0 saturated carbocycles. The lowest BCUT2D eigenvalue weighted by molar-refractivity contribution is 0.0995. The van der Waals surface area contributed by atoms with Crippen LogP contribution in [0.25, 0.3) is 0 Å². The summed E-state index contributed by atoms with van der Waals surface area (Å²) in [6, 6.07) is 3.14. The molecule has 2 rings (SSSR count). The quantitative estimate of drug-likeness (QED) is 0.863. The van der Waals surface area contributed by atoms with Crippen molar-refractivity contribution in [2.45, 2.75) is 12.3 Å². The third kappa shape index (κ3) is 3.69. The zero-order valence-corrected chi connectivity index (χ0v) is 11.1. The summed E-state index contributed by atoms with van der Waals surface area (Å²) < 4.78 is 5.65. The maximum absolute atomic E-state index is 11.0. The molecule has 1 amide bonds. The van der Waals surface area contributed by atoms with Gasteiger partial charge >= 0.3 is 0 Å². The SMILES string of the molecule is CC1=CC(Cl)C=C(Oc2ccnc(C(N)=O)c2)C=C1. The second kappa shape index (κ2) is 5.71. The summed E-state index contributed by atoms with van der Waals surface area (Å²) in [7, 11) is 0. The molecule has 1 aliphatic rings. The first-order valence-corrected chi connectivity index (χ1v) is 6.14. The third-order valence-electron chi connectivity index (χ3n) is 2.48. The van der Waals surface area contributed by atoms with Crippen molar-refractivity contribution in [3.05, 3.63) is 59.7 Å². The number of aromatic nitrogens is 1. The minimum absolute atomic E-state index is 0.160.